The minimum absolute atomic E-state index is 0.161. The van der Waals surface area contributed by atoms with Crippen LogP contribution in [0.15, 0.2) is 23.2 Å². The summed E-state index contributed by atoms with van der Waals surface area (Å²) >= 11 is 0. The first-order valence-electron chi connectivity index (χ1n) is 5.62. The molecule has 0 saturated carbocycles. The van der Waals surface area contributed by atoms with Crippen molar-refractivity contribution in [2.24, 2.45) is 10.7 Å². The van der Waals surface area contributed by atoms with Crippen LogP contribution in [0.5, 0.6) is 0 Å². The molecular weight excluding hydrogens is 243 g/mol. The van der Waals surface area contributed by atoms with Crippen molar-refractivity contribution in [2.45, 2.75) is 19.1 Å². The molecule has 0 bridgehead atoms. The predicted octanol–water partition coefficient (Wildman–Crippen LogP) is 2.02. The fourth-order valence-electron chi connectivity index (χ4n) is 2.07. The molecule has 2 rings (SSSR count). The van der Waals surface area contributed by atoms with Gasteiger partial charge in [-0.25, -0.2) is 0 Å². The van der Waals surface area contributed by atoms with Crippen LogP contribution in [0.3, 0.4) is 0 Å². The Bertz CT molecular complexity index is 480. The number of nitrogens with two attached hydrogens (primary N) is 1. The lowest BCUT2D eigenvalue weighted by molar-refractivity contribution is -0.138. The molecule has 0 fully saturated rings. The molecule has 0 aromatic heterocycles. The monoisotopic (exact) mass is 257 g/mol. The second-order valence-electron chi connectivity index (χ2n) is 4.19. The van der Waals surface area contributed by atoms with Gasteiger partial charge in [-0.1, -0.05) is 12.1 Å². The van der Waals surface area contributed by atoms with Gasteiger partial charge in [0.15, 0.2) is 0 Å². The predicted molar refractivity (Wildman–Crippen MR) is 63.4 cm³/mol. The summed E-state index contributed by atoms with van der Waals surface area (Å²) in [5, 5.41) is 2.98. The number of benzene rings is 1. The van der Waals surface area contributed by atoms with Crippen molar-refractivity contribution in [1.82, 2.24) is 5.32 Å². The highest BCUT2D eigenvalue weighted by molar-refractivity contribution is 5.89. The Morgan fingerprint density at radius 3 is 2.67 bits per heavy atom. The summed E-state index contributed by atoms with van der Waals surface area (Å²) in [6.45, 7) is 2.73. The van der Waals surface area contributed by atoms with Gasteiger partial charge in [0.25, 0.3) is 0 Å². The van der Waals surface area contributed by atoms with E-state index in [4.69, 9.17) is 5.73 Å². The van der Waals surface area contributed by atoms with Crippen molar-refractivity contribution >= 4 is 5.84 Å². The van der Waals surface area contributed by atoms with Crippen LogP contribution in [-0.4, -0.2) is 18.9 Å². The normalized spacial score (nSPS) is 17.3. The van der Waals surface area contributed by atoms with Gasteiger partial charge in [0.1, 0.15) is 5.84 Å². The third-order valence-corrected chi connectivity index (χ3v) is 3.01. The number of halogens is 3. The van der Waals surface area contributed by atoms with E-state index in [1.54, 1.807) is 6.07 Å². The Balaban J connectivity index is 2.40. The molecule has 1 atom stereocenters. The summed E-state index contributed by atoms with van der Waals surface area (Å²) in [5.41, 5.74) is 5.93. The van der Waals surface area contributed by atoms with E-state index in [-0.39, 0.29) is 5.56 Å². The van der Waals surface area contributed by atoms with E-state index < -0.39 is 17.8 Å². The maximum absolute atomic E-state index is 12.8. The van der Waals surface area contributed by atoms with Gasteiger partial charge in [0.05, 0.1) is 18.2 Å². The minimum Gasteiger partial charge on any atom is -0.370 e. The van der Waals surface area contributed by atoms with Crippen molar-refractivity contribution in [2.75, 3.05) is 13.1 Å². The zero-order chi connectivity index (χ0) is 13.3. The topological polar surface area (TPSA) is 50.4 Å². The fraction of sp³-hybridized carbons (Fsp3) is 0.417. The first-order valence-corrected chi connectivity index (χ1v) is 5.62. The van der Waals surface area contributed by atoms with E-state index in [0.717, 1.165) is 6.07 Å². The zero-order valence-electron chi connectivity index (χ0n) is 9.88. The van der Waals surface area contributed by atoms with E-state index in [2.05, 4.69) is 10.3 Å². The molecular formula is C12H14F3N3. The van der Waals surface area contributed by atoms with Gasteiger partial charge in [-0.15, -0.1) is 0 Å². The van der Waals surface area contributed by atoms with Crippen LogP contribution in [0.2, 0.25) is 0 Å². The number of aliphatic imine (C=N–C) groups is 1. The fourth-order valence-corrected chi connectivity index (χ4v) is 2.07. The first-order chi connectivity index (χ1) is 8.41. The number of amidine groups is 1. The van der Waals surface area contributed by atoms with Crippen LogP contribution in [0, 0.1) is 6.92 Å². The summed E-state index contributed by atoms with van der Waals surface area (Å²) < 4.78 is 38.3. The van der Waals surface area contributed by atoms with Crippen LogP contribution in [-0.2, 0) is 6.18 Å². The average molecular weight is 257 g/mol. The van der Waals surface area contributed by atoms with Crippen LogP contribution < -0.4 is 11.1 Å². The summed E-state index contributed by atoms with van der Waals surface area (Å²) in [4.78, 5) is 4.14. The van der Waals surface area contributed by atoms with E-state index in [9.17, 15) is 13.2 Å². The van der Waals surface area contributed by atoms with Gasteiger partial charge < -0.3 is 11.1 Å². The van der Waals surface area contributed by atoms with Gasteiger partial charge >= 0.3 is 6.18 Å². The van der Waals surface area contributed by atoms with E-state index >= 15 is 0 Å². The van der Waals surface area contributed by atoms with Gasteiger partial charge in [0, 0.05) is 6.54 Å². The van der Waals surface area contributed by atoms with Crippen LogP contribution >= 0.6 is 0 Å². The maximum atomic E-state index is 12.8. The van der Waals surface area contributed by atoms with Crippen molar-refractivity contribution in [3.05, 3.63) is 34.9 Å². The number of hydrogen-bond donors (Lipinski definition) is 2. The number of nitrogens with zero attached hydrogens (tertiary/aromatic N) is 1. The lowest BCUT2D eigenvalue weighted by Gasteiger charge is -2.18. The second-order valence-corrected chi connectivity index (χ2v) is 4.19. The second kappa shape index (κ2) is 4.61. The molecule has 1 unspecified atom stereocenters. The Morgan fingerprint density at radius 2 is 2.11 bits per heavy atom. The van der Waals surface area contributed by atoms with Crippen LogP contribution in [0.25, 0.3) is 0 Å². The Hall–Kier alpha value is -1.56. The van der Waals surface area contributed by atoms with Crippen molar-refractivity contribution in [3.63, 3.8) is 0 Å². The molecule has 1 aliphatic rings. The third kappa shape index (κ3) is 2.33. The third-order valence-electron chi connectivity index (χ3n) is 3.01. The summed E-state index contributed by atoms with van der Waals surface area (Å²) in [5.74, 6) is 0.553. The van der Waals surface area contributed by atoms with Crippen molar-refractivity contribution in [1.29, 1.82) is 0 Å². The van der Waals surface area contributed by atoms with Gasteiger partial charge in [-0.2, -0.15) is 13.2 Å². The molecule has 3 N–H and O–H groups in total. The van der Waals surface area contributed by atoms with Gasteiger partial charge in [-0.3, -0.25) is 4.99 Å². The molecule has 98 valence electrons. The highest BCUT2D eigenvalue weighted by Gasteiger charge is 2.33. The maximum Gasteiger partial charge on any atom is 0.416 e. The molecule has 1 heterocycles. The SMILES string of the molecule is Cc1c(C(N)C2=NCCN2)cccc1C(F)(F)F. The van der Waals surface area contributed by atoms with Crippen molar-refractivity contribution < 1.29 is 13.2 Å². The van der Waals surface area contributed by atoms with Crippen LogP contribution in [0.4, 0.5) is 13.2 Å². The van der Waals surface area contributed by atoms with Crippen LogP contribution in [0.1, 0.15) is 22.7 Å². The smallest absolute Gasteiger partial charge is 0.370 e. The lowest BCUT2D eigenvalue weighted by Crippen LogP contribution is -2.31. The molecule has 1 aromatic rings. The summed E-state index contributed by atoms with van der Waals surface area (Å²) in [6.07, 6.45) is -4.36. The van der Waals surface area contributed by atoms with E-state index in [0.29, 0.717) is 24.5 Å². The average Bonchev–Trinajstić information content (AvgIpc) is 2.80. The molecule has 18 heavy (non-hydrogen) atoms. The first kappa shape index (κ1) is 12.9. The number of alkyl halides is 3. The van der Waals surface area contributed by atoms with E-state index in [1.807, 2.05) is 0 Å². The molecule has 3 nitrogen and oxygen atoms in total. The van der Waals surface area contributed by atoms with Gasteiger partial charge in [0.2, 0.25) is 0 Å². The summed E-state index contributed by atoms with van der Waals surface area (Å²) in [6, 6.07) is 3.42. The highest BCUT2D eigenvalue weighted by Crippen LogP contribution is 2.34. The minimum atomic E-state index is -4.36. The molecule has 0 spiro atoms. The van der Waals surface area contributed by atoms with E-state index in [1.165, 1.54) is 13.0 Å². The molecule has 0 aliphatic carbocycles. The molecule has 0 amide bonds. The summed E-state index contributed by atoms with van der Waals surface area (Å²) in [7, 11) is 0. The molecule has 0 radical (unpaired) electrons. The molecule has 1 aromatic carbocycles. The number of hydrogen-bond acceptors (Lipinski definition) is 3. The molecule has 6 heteroatoms. The largest absolute Gasteiger partial charge is 0.416 e. The van der Waals surface area contributed by atoms with Crippen molar-refractivity contribution in [3.8, 4) is 0 Å². The molecule has 0 saturated heterocycles. The lowest BCUT2D eigenvalue weighted by atomic mass is 9.96. The zero-order valence-corrected chi connectivity index (χ0v) is 9.88. The molecule has 1 aliphatic heterocycles. The Labute approximate surface area is 103 Å². The Kier molecular flexibility index (Phi) is 3.30. The number of rotatable bonds is 2. The number of nitrogens with one attached hydrogen (secondary N) is 1. The standard InChI is InChI=1S/C12H14F3N3/c1-7-8(10(16)11-17-5-6-18-11)3-2-4-9(7)12(13,14)15/h2-4,10H,5-6,16H2,1H3,(H,17,18). The highest BCUT2D eigenvalue weighted by atomic mass is 19.4. The Morgan fingerprint density at radius 1 is 1.39 bits per heavy atom. The van der Waals surface area contributed by atoms with Gasteiger partial charge in [-0.05, 0) is 24.1 Å². The quantitative estimate of drug-likeness (QED) is 0.851.